The minimum atomic E-state index is -3.61. The van der Waals surface area contributed by atoms with Crippen LogP contribution >= 0.6 is 0 Å². The molecule has 0 unspecified atom stereocenters. The van der Waals surface area contributed by atoms with Gasteiger partial charge in [-0.2, -0.15) is 0 Å². The van der Waals surface area contributed by atoms with Crippen molar-refractivity contribution in [3.8, 4) is 22.4 Å². The molecule has 7 nitrogen and oxygen atoms in total. The Morgan fingerprint density at radius 1 is 0.968 bits per heavy atom. The molecule has 3 aromatic heterocycles. The molecule has 1 fully saturated rings. The van der Waals surface area contributed by atoms with E-state index in [1.807, 2.05) is 36.4 Å². The number of nitrogens with one attached hydrogen (secondary N) is 1. The number of sulfonamides is 1. The van der Waals surface area contributed by atoms with Gasteiger partial charge in [0.05, 0.1) is 34.8 Å². The lowest BCUT2D eigenvalue weighted by Crippen LogP contribution is -2.39. The predicted molar refractivity (Wildman–Crippen MR) is 118 cm³/mol. The summed E-state index contributed by atoms with van der Waals surface area (Å²) in [7, 11) is -3.61. The lowest BCUT2D eigenvalue weighted by molar-refractivity contribution is -0.0283. The minimum Gasteiger partial charge on any atom is -0.381 e. The van der Waals surface area contributed by atoms with Gasteiger partial charge in [0, 0.05) is 42.2 Å². The smallest absolute Gasteiger partial charge is 0.240 e. The first-order valence-electron chi connectivity index (χ1n) is 9.94. The normalized spacial score (nSPS) is 14.5. The van der Waals surface area contributed by atoms with Crippen LogP contribution in [0.15, 0.2) is 78.1 Å². The first kappa shape index (κ1) is 19.7. The average molecular weight is 433 g/mol. The zero-order valence-electron chi connectivity index (χ0n) is 16.6. The third-order valence-corrected chi connectivity index (χ3v) is 6.71. The molecule has 8 heteroatoms. The van der Waals surface area contributed by atoms with Gasteiger partial charge in [0.2, 0.25) is 10.0 Å². The summed E-state index contributed by atoms with van der Waals surface area (Å²) in [5, 5.41) is 0. The van der Waals surface area contributed by atoms with E-state index in [0.29, 0.717) is 25.5 Å². The van der Waals surface area contributed by atoms with Crippen LogP contribution < -0.4 is 4.72 Å². The molecule has 0 radical (unpaired) electrons. The van der Waals surface area contributed by atoms with Crippen LogP contribution in [-0.2, 0) is 14.8 Å². The molecule has 1 N–H and O–H groups in total. The lowest BCUT2D eigenvalue weighted by atomic mass is 10.0. The van der Waals surface area contributed by atoms with Crippen LogP contribution in [-0.4, -0.2) is 43.1 Å². The Hall–Kier alpha value is -3.20. The number of ether oxygens (including phenoxy) is 1. The third kappa shape index (κ3) is 4.05. The number of rotatable bonds is 6. The van der Waals surface area contributed by atoms with Crippen molar-refractivity contribution in [2.24, 2.45) is 5.92 Å². The molecule has 0 saturated carbocycles. The predicted octanol–water partition coefficient (Wildman–Crippen LogP) is 3.28. The molecule has 4 heterocycles. The molecule has 0 bridgehead atoms. The van der Waals surface area contributed by atoms with Gasteiger partial charge in [-0.15, -0.1) is 0 Å². The van der Waals surface area contributed by atoms with E-state index < -0.39 is 10.0 Å². The highest BCUT2D eigenvalue weighted by molar-refractivity contribution is 7.89. The third-order valence-electron chi connectivity index (χ3n) is 5.28. The Balaban J connectivity index is 1.52. The zero-order chi connectivity index (χ0) is 21.3. The number of pyridine rings is 3. The molecule has 1 aromatic carbocycles. The summed E-state index contributed by atoms with van der Waals surface area (Å²) in [5.74, 6) is 0.235. The maximum absolute atomic E-state index is 12.7. The van der Waals surface area contributed by atoms with Crippen LogP contribution in [0.3, 0.4) is 0 Å². The van der Waals surface area contributed by atoms with Crippen molar-refractivity contribution >= 4 is 21.1 Å². The van der Waals surface area contributed by atoms with E-state index >= 15 is 0 Å². The molecule has 1 aliphatic heterocycles. The first-order valence-corrected chi connectivity index (χ1v) is 11.4. The maximum atomic E-state index is 12.7. The monoisotopic (exact) mass is 432 g/mol. The molecular weight excluding hydrogens is 412 g/mol. The van der Waals surface area contributed by atoms with Gasteiger partial charge in [-0.05, 0) is 48.0 Å². The fourth-order valence-electron chi connectivity index (χ4n) is 3.49. The molecule has 0 spiro atoms. The second-order valence-corrected chi connectivity index (χ2v) is 9.21. The minimum absolute atomic E-state index is 0.215. The standard InChI is InChI=1S/C23H20N4O3S/c28-31(29,26-13-16-14-30-15-16)19-3-1-2-18(12-19)21-4-5-22-23(27-21)20(8-11-25-22)17-6-9-24-10-7-17/h1-12,16,26H,13-15H2. The Labute approximate surface area is 180 Å². The Bertz CT molecular complexity index is 1340. The van der Waals surface area contributed by atoms with Crippen molar-refractivity contribution in [1.82, 2.24) is 19.7 Å². The Morgan fingerprint density at radius 3 is 2.58 bits per heavy atom. The van der Waals surface area contributed by atoms with Gasteiger partial charge in [0.25, 0.3) is 0 Å². The molecule has 1 saturated heterocycles. The highest BCUT2D eigenvalue weighted by Crippen LogP contribution is 2.29. The van der Waals surface area contributed by atoms with Crippen LogP contribution in [0, 0.1) is 5.92 Å². The number of hydrogen-bond donors (Lipinski definition) is 1. The molecule has 4 aromatic rings. The van der Waals surface area contributed by atoms with E-state index in [1.165, 1.54) is 0 Å². The number of aromatic nitrogens is 3. The van der Waals surface area contributed by atoms with Gasteiger partial charge in [0.15, 0.2) is 0 Å². The molecule has 156 valence electrons. The highest BCUT2D eigenvalue weighted by Gasteiger charge is 2.22. The summed E-state index contributed by atoms with van der Waals surface area (Å²) < 4.78 is 33.2. The fraction of sp³-hybridized carbons (Fsp3) is 0.174. The summed E-state index contributed by atoms with van der Waals surface area (Å²) in [6, 6.07) is 16.4. The summed E-state index contributed by atoms with van der Waals surface area (Å²) >= 11 is 0. The van der Waals surface area contributed by atoms with Crippen LogP contribution in [0.5, 0.6) is 0 Å². The van der Waals surface area contributed by atoms with Crippen molar-refractivity contribution in [1.29, 1.82) is 0 Å². The van der Waals surface area contributed by atoms with Gasteiger partial charge in [0.1, 0.15) is 0 Å². The number of hydrogen-bond acceptors (Lipinski definition) is 6. The van der Waals surface area contributed by atoms with Crippen molar-refractivity contribution < 1.29 is 13.2 Å². The summed E-state index contributed by atoms with van der Waals surface area (Å²) in [4.78, 5) is 13.5. The van der Waals surface area contributed by atoms with E-state index in [-0.39, 0.29) is 10.8 Å². The Morgan fingerprint density at radius 2 is 1.81 bits per heavy atom. The van der Waals surface area contributed by atoms with Crippen LogP contribution in [0.4, 0.5) is 0 Å². The summed E-state index contributed by atoms with van der Waals surface area (Å²) in [6.07, 6.45) is 5.23. The molecule has 5 rings (SSSR count). The lowest BCUT2D eigenvalue weighted by Gasteiger charge is -2.25. The van der Waals surface area contributed by atoms with Crippen molar-refractivity contribution in [3.05, 3.63) is 73.2 Å². The SMILES string of the molecule is O=S(=O)(NCC1COC1)c1cccc(-c2ccc3nccc(-c4ccncc4)c3n2)c1. The quantitative estimate of drug-likeness (QED) is 0.503. The topological polar surface area (TPSA) is 94.1 Å². The van der Waals surface area contributed by atoms with E-state index in [0.717, 1.165) is 27.7 Å². The maximum Gasteiger partial charge on any atom is 0.240 e. The van der Waals surface area contributed by atoms with E-state index in [9.17, 15) is 8.42 Å². The van der Waals surface area contributed by atoms with Crippen molar-refractivity contribution in [2.75, 3.05) is 19.8 Å². The molecule has 0 atom stereocenters. The Kier molecular flexibility index (Phi) is 5.19. The largest absolute Gasteiger partial charge is 0.381 e. The van der Waals surface area contributed by atoms with Gasteiger partial charge >= 0.3 is 0 Å². The molecule has 0 amide bonds. The number of benzene rings is 1. The highest BCUT2D eigenvalue weighted by atomic mass is 32.2. The molecule has 1 aliphatic rings. The number of nitrogens with zero attached hydrogens (tertiary/aromatic N) is 3. The molecule has 0 aliphatic carbocycles. The number of fused-ring (bicyclic) bond motifs is 1. The van der Waals surface area contributed by atoms with Crippen molar-refractivity contribution in [2.45, 2.75) is 4.90 Å². The van der Waals surface area contributed by atoms with Crippen molar-refractivity contribution in [3.63, 3.8) is 0 Å². The second-order valence-electron chi connectivity index (χ2n) is 7.44. The van der Waals surface area contributed by atoms with E-state index in [4.69, 9.17) is 9.72 Å². The van der Waals surface area contributed by atoms with Gasteiger partial charge in [-0.3, -0.25) is 9.97 Å². The van der Waals surface area contributed by atoms with Crippen LogP contribution in [0.2, 0.25) is 0 Å². The zero-order valence-corrected chi connectivity index (χ0v) is 17.4. The molecule has 31 heavy (non-hydrogen) atoms. The summed E-state index contributed by atoms with van der Waals surface area (Å²) in [6.45, 7) is 1.57. The van der Waals surface area contributed by atoms with Gasteiger partial charge in [-0.1, -0.05) is 12.1 Å². The second kappa shape index (κ2) is 8.14. The molecular formula is C23H20N4O3S. The fourth-order valence-corrected chi connectivity index (χ4v) is 4.65. The van der Waals surface area contributed by atoms with E-state index in [2.05, 4.69) is 14.7 Å². The van der Waals surface area contributed by atoms with E-state index in [1.54, 1.807) is 36.8 Å². The first-order chi connectivity index (χ1) is 15.1. The van der Waals surface area contributed by atoms with Gasteiger partial charge in [-0.25, -0.2) is 18.1 Å². The van der Waals surface area contributed by atoms with Gasteiger partial charge < -0.3 is 4.74 Å². The van der Waals surface area contributed by atoms with Crippen LogP contribution in [0.25, 0.3) is 33.4 Å². The summed E-state index contributed by atoms with van der Waals surface area (Å²) in [5.41, 5.74) is 4.87. The average Bonchev–Trinajstić information content (AvgIpc) is 2.78. The van der Waals surface area contributed by atoms with Crippen LogP contribution in [0.1, 0.15) is 0 Å².